The molecular weight excluding hydrogens is 375 g/mol. The predicted molar refractivity (Wildman–Crippen MR) is 104 cm³/mol. The van der Waals surface area contributed by atoms with E-state index in [1.54, 1.807) is 19.2 Å². The first-order valence-corrected chi connectivity index (χ1v) is 8.69. The van der Waals surface area contributed by atoms with Crippen molar-refractivity contribution in [2.24, 2.45) is 0 Å². The zero-order chi connectivity index (χ0) is 21.0. The number of hydrogen-bond donors (Lipinski definition) is 2. The van der Waals surface area contributed by atoms with Crippen molar-refractivity contribution in [3.05, 3.63) is 58.8 Å². The van der Waals surface area contributed by atoms with Crippen molar-refractivity contribution in [2.75, 3.05) is 12.8 Å². The molecule has 8 nitrogen and oxygen atoms in total. The number of benzene rings is 1. The Bertz CT molecular complexity index is 1090. The molecule has 0 saturated heterocycles. The number of carbonyl (C=O) groups is 1. The van der Waals surface area contributed by atoms with Crippen LogP contribution in [0.15, 0.2) is 30.5 Å². The van der Waals surface area contributed by atoms with Crippen molar-refractivity contribution < 1.29 is 13.9 Å². The van der Waals surface area contributed by atoms with Gasteiger partial charge in [-0.15, -0.1) is 0 Å². The van der Waals surface area contributed by atoms with Gasteiger partial charge in [0.1, 0.15) is 24.2 Å². The molecule has 0 aliphatic heterocycles. The van der Waals surface area contributed by atoms with Crippen LogP contribution in [-0.2, 0) is 17.9 Å². The molecule has 0 bridgehead atoms. The smallest absolute Gasteiger partial charge is 0.209 e. The van der Waals surface area contributed by atoms with Crippen LogP contribution < -0.4 is 10.5 Å². The van der Waals surface area contributed by atoms with E-state index in [1.165, 1.54) is 23.2 Å². The van der Waals surface area contributed by atoms with Gasteiger partial charge in [0.2, 0.25) is 6.41 Å². The van der Waals surface area contributed by atoms with E-state index < -0.39 is 0 Å². The van der Waals surface area contributed by atoms with Gasteiger partial charge in [-0.25, -0.2) is 9.37 Å². The van der Waals surface area contributed by atoms with Crippen LogP contribution in [0.3, 0.4) is 0 Å². The van der Waals surface area contributed by atoms with Gasteiger partial charge in [-0.2, -0.15) is 10.4 Å². The minimum Gasteiger partial charge on any atom is -0.485 e. The average Bonchev–Trinajstić information content (AvgIpc) is 3.12. The summed E-state index contributed by atoms with van der Waals surface area (Å²) in [5.41, 5.74) is 9.32. The van der Waals surface area contributed by atoms with E-state index in [2.05, 4.69) is 15.2 Å². The monoisotopic (exact) mass is 394 g/mol. The molecule has 2 heterocycles. The molecule has 3 N–H and O–H groups in total. The van der Waals surface area contributed by atoms with E-state index in [4.69, 9.17) is 10.5 Å². The summed E-state index contributed by atoms with van der Waals surface area (Å²) in [6.07, 6.45) is 2.17. The summed E-state index contributed by atoms with van der Waals surface area (Å²) in [6, 6.07) is 8.15. The third-order valence-electron chi connectivity index (χ3n) is 4.40. The van der Waals surface area contributed by atoms with Crippen LogP contribution in [0.1, 0.15) is 22.5 Å². The Kier molecular flexibility index (Phi) is 5.74. The number of aryl methyl sites for hydroxylation is 1. The first-order valence-electron chi connectivity index (χ1n) is 8.69. The summed E-state index contributed by atoms with van der Waals surface area (Å²) >= 11 is 0. The summed E-state index contributed by atoms with van der Waals surface area (Å²) in [5, 5.41) is 16.2. The molecule has 3 aromatic rings. The number of amides is 1. The lowest BCUT2D eigenvalue weighted by Crippen LogP contribution is -2.15. The van der Waals surface area contributed by atoms with Crippen molar-refractivity contribution in [3.63, 3.8) is 0 Å². The number of nitrogens with two attached hydrogens (primary N) is 1. The van der Waals surface area contributed by atoms with Gasteiger partial charge in [-0.3, -0.25) is 9.89 Å². The zero-order valence-electron chi connectivity index (χ0n) is 15.9. The third kappa shape index (κ3) is 4.32. The summed E-state index contributed by atoms with van der Waals surface area (Å²) in [7, 11) is 1.61. The Morgan fingerprint density at radius 1 is 1.41 bits per heavy atom. The highest BCUT2D eigenvalue weighted by Gasteiger charge is 2.18. The normalized spacial score (nSPS) is 10.4. The average molecular weight is 394 g/mol. The highest BCUT2D eigenvalue weighted by molar-refractivity contribution is 5.73. The molecule has 0 aliphatic rings. The molecule has 1 aromatic carbocycles. The number of carbonyl (C=O) groups excluding carboxylic acids is 1. The molecule has 0 radical (unpaired) electrons. The fraction of sp³-hybridized carbons (Fsp3) is 0.200. The minimum absolute atomic E-state index is 0.107. The highest BCUT2D eigenvalue weighted by atomic mass is 19.1. The number of hydrogen-bond acceptors (Lipinski definition) is 6. The molecule has 0 atom stereocenters. The number of halogens is 1. The number of rotatable bonds is 7. The zero-order valence-corrected chi connectivity index (χ0v) is 15.9. The van der Waals surface area contributed by atoms with E-state index in [9.17, 15) is 14.4 Å². The summed E-state index contributed by atoms with van der Waals surface area (Å²) in [6.45, 7) is 2.17. The number of pyridine rings is 1. The van der Waals surface area contributed by atoms with E-state index >= 15 is 0 Å². The quantitative estimate of drug-likeness (QED) is 0.594. The number of nitrogens with one attached hydrogen (secondary N) is 1. The lowest BCUT2D eigenvalue weighted by Gasteiger charge is -2.13. The summed E-state index contributed by atoms with van der Waals surface area (Å²) < 4.78 is 19.3. The lowest BCUT2D eigenvalue weighted by molar-refractivity contribution is -0.117. The molecule has 1 amide bonds. The van der Waals surface area contributed by atoms with Crippen LogP contribution >= 0.6 is 0 Å². The van der Waals surface area contributed by atoms with E-state index in [-0.39, 0.29) is 30.5 Å². The number of aromatic nitrogens is 3. The molecule has 0 spiro atoms. The molecule has 0 aliphatic carbocycles. The van der Waals surface area contributed by atoms with Crippen LogP contribution in [0, 0.1) is 24.1 Å². The van der Waals surface area contributed by atoms with Crippen molar-refractivity contribution in [2.45, 2.75) is 20.1 Å². The van der Waals surface area contributed by atoms with Crippen LogP contribution in [-0.4, -0.2) is 33.5 Å². The van der Waals surface area contributed by atoms with Crippen molar-refractivity contribution in [1.82, 2.24) is 20.1 Å². The van der Waals surface area contributed by atoms with E-state index in [0.29, 0.717) is 34.5 Å². The Morgan fingerprint density at radius 2 is 2.21 bits per heavy atom. The third-order valence-corrected chi connectivity index (χ3v) is 4.40. The number of H-pyrrole nitrogens is 1. The first kappa shape index (κ1) is 19.8. The lowest BCUT2D eigenvalue weighted by atomic mass is 10.0. The Balaban J connectivity index is 1.93. The van der Waals surface area contributed by atoms with E-state index in [1.807, 2.05) is 13.0 Å². The van der Waals surface area contributed by atoms with Crippen LogP contribution in [0.2, 0.25) is 0 Å². The summed E-state index contributed by atoms with van der Waals surface area (Å²) in [5.74, 6) is 0.109. The molecule has 2 aromatic heterocycles. The van der Waals surface area contributed by atoms with Gasteiger partial charge in [0, 0.05) is 24.4 Å². The highest BCUT2D eigenvalue weighted by Crippen LogP contribution is 2.31. The molecule has 3 rings (SSSR count). The number of anilines is 1. The number of ether oxygens (including phenoxy) is 1. The second kappa shape index (κ2) is 8.39. The van der Waals surface area contributed by atoms with Gasteiger partial charge in [0.25, 0.3) is 0 Å². The Hall–Kier alpha value is -3.93. The number of nitrogens with zero attached hydrogens (tertiary/aromatic N) is 4. The van der Waals surface area contributed by atoms with Crippen molar-refractivity contribution in [3.8, 4) is 22.9 Å². The van der Waals surface area contributed by atoms with Gasteiger partial charge in [0.05, 0.1) is 12.2 Å². The Morgan fingerprint density at radius 3 is 2.93 bits per heavy atom. The Labute approximate surface area is 166 Å². The molecule has 9 heteroatoms. The largest absolute Gasteiger partial charge is 0.485 e. The fourth-order valence-corrected chi connectivity index (χ4v) is 2.82. The van der Waals surface area contributed by atoms with Crippen LogP contribution in [0.4, 0.5) is 10.2 Å². The van der Waals surface area contributed by atoms with Gasteiger partial charge >= 0.3 is 0 Å². The van der Waals surface area contributed by atoms with Gasteiger partial charge in [0.15, 0.2) is 11.6 Å². The number of nitrogen functional groups attached to an aromatic ring is 1. The topological polar surface area (TPSA) is 121 Å². The van der Waals surface area contributed by atoms with E-state index in [0.717, 1.165) is 5.56 Å². The fourth-order valence-electron chi connectivity index (χ4n) is 2.82. The first-order chi connectivity index (χ1) is 13.9. The van der Waals surface area contributed by atoms with Crippen molar-refractivity contribution >= 4 is 12.2 Å². The van der Waals surface area contributed by atoms with Gasteiger partial charge in [-0.1, -0.05) is 6.07 Å². The summed E-state index contributed by atoms with van der Waals surface area (Å²) in [4.78, 5) is 16.5. The van der Waals surface area contributed by atoms with Gasteiger partial charge in [-0.05, 0) is 36.2 Å². The SMILES string of the molecule is Cc1ccc(F)cc1COc1cc(-c2c(CN(C)C=O)n[nH]c2C#N)cnc1N. The maximum Gasteiger partial charge on any atom is 0.209 e. The maximum atomic E-state index is 13.5. The van der Waals surface area contributed by atoms with Crippen LogP contribution in [0.5, 0.6) is 5.75 Å². The predicted octanol–water partition coefficient (Wildman–Crippen LogP) is 2.54. The van der Waals surface area contributed by atoms with Crippen LogP contribution in [0.25, 0.3) is 11.1 Å². The number of nitriles is 1. The molecule has 0 saturated carbocycles. The molecule has 0 fully saturated rings. The standard InChI is InChI=1S/C20H19FN6O2/c1-12-3-4-15(21)5-14(12)10-29-18-6-13(8-24-20(18)23)19-16(7-22)25-26-17(19)9-27(2)11-28/h3-6,8,11H,9-10H2,1-2H3,(H2,23,24)(H,25,26). The van der Waals surface area contributed by atoms with Crippen molar-refractivity contribution in [1.29, 1.82) is 5.26 Å². The maximum absolute atomic E-state index is 13.5. The molecule has 0 unspecified atom stereocenters. The minimum atomic E-state index is -0.352. The second-order valence-corrected chi connectivity index (χ2v) is 6.52. The molecule has 148 valence electrons. The molecular formula is C20H19FN6O2. The number of aromatic amines is 1. The van der Waals surface area contributed by atoms with Gasteiger partial charge < -0.3 is 15.4 Å². The molecule has 29 heavy (non-hydrogen) atoms. The second-order valence-electron chi connectivity index (χ2n) is 6.52.